The maximum absolute atomic E-state index is 13.9. The van der Waals surface area contributed by atoms with Gasteiger partial charge in [0, 0.05) is 23.6 Å². The summed E-state index contributed by atoms with van der Waals surface area (Å²) >= 11 is 5.92. The maximum atomic E-state index is 13.9. The molecule has 150 valence electrons. The Kier molecular flexibility index (Phi) is 4.70. The number of nitrogens with one attached hydrogen (secondary N) is 2. The largest absolute Gasteiger partial charge is 0.360 e. The van der Waals surface area contributed by atoms with Crippen LogP contribution >= 0.6 is 11.6 Å². The van der Waals surface area contributed by atoms with Gasteiger partial charge in [-0.25, -0.2) is 22.4 Å². The van der Waals surface area contributed by atoms with Gasteiger partial charge in [0.15, 0.2) is 17.5 Å². The first-order valence-corrected chi connectivity index (χ1v) is 8.84. The van der Waals surface area contributed by atoms with Gasteiger partial charge in [0.25, 0.3) is 5.91 Å². The van der Waals surface area contributed by atoms with Crippen LogP contribution in [0.15, 0.2) is 30.5 Å². The Morgan fingerprint density at radius 3 is 2.45 bits per heavy atom. The van der Waals surface area contributed by atoms with Gasteiger partial charge in [-0.1, -0.05) is 17.7 Å². The lowest BCUT2D eigenvalue weighted by atomic mass is 10.0. The van der Waals surface area contributed by atoms with E-state index in [0.29, 0.717) is 16.5 Å². The molecule has 0 radical (unpaired) electrons. The Labute approximate surface area is 166 Å². The monoisotopic (exact) mass is 425 g/mol. The van der Waals surface area contributed by atoms with Gasteiger partial charge in [0.05, 0.1) is 12.1 Å². The summed E-state index contributed by atoms with van der Waals surface area (Å²) in [5, 5.41) is 2.97. The van der Waals surface area contributed by atoms with Crippen molar-refractivity contribution in [3.63, 3.8) is 0 Å². The first-order valence-electron chi connectivity index (χ1n) is 8.46. The first kappa shape index (κ1) is 19.3. The molecule has 10 heteroatoms. The van der Waals surface area contributed by atoms with Crippen LogP contribution in [0.4, 0.5) is 22.4 Å². The molecule has 1 aliphatic rings. The third-order valence-electron chi connectivity index (χ3n) is 4.81. The van der Waals surface area contributed by atoms with Crippen LogP contribution in [0, 0.1) is 23.3 Å². The Balaban J connectivity index is 1.56. The van der Waals surface area contributed by atoms with Gasteiger partial charge in [-0.3, -0.25) is 9.69 Å². The van der Waals surface area contributed by atoms with Crippen LogP contribution in [0.2, 0.25) is 5.02 Å². The molecule has 1 aromatic heterocycles. The van der Waals surface area contributed by atoms with E-state index in [4.69, 9.17) is 11.6 Å². The quantitative estimate of drug-likeness (QED) is 0.376. The minimum atomic E-state index is -1.67. The fraction of sp³-hybridized carbons (Fsp3) is 0.158. The molecule has 2 aromatic carbocycles. The molecule has 1 saturated heterocycles. The lowest BCUT2D eigenvalue weighted by molar-refractivity contribution is -0.127. The van der Waals surface area contributed by atoms with Crippen LogP contribution in [0.5, 0.6) is 0 Å². The van der Waals surface area contributed by atoms with Crippen LogP contribution < -0.4 is 5.32 Å². The minimum absolute atomic E-state index is 0.0727. The molecule has 3 aromatic rings. The van der Waals surface area contributed by atoms with Gasteiger partial charge >= 0.3 is 6.03 Å². The number of urea groups is 1. The SMILES string of the molecule is O=C1N[C@H](Cc2c[nH]c3c(Cl)c(F)ccc23)C(=O)N1Cc1ccc(F)c(F)c1F. The van der Waals surface area contributed by atoms with E-state index in [9.17, 15) is 27.2 Å². The van der Waals surface area contributed by atoms with Crippen molar-refractivity contribution in [2.24, 2.45) is 0 Å². The van der Waals surface area contributed by atoms with Crippen molar-refractivity contribution in [2.75, 3.05) is 0 Å². The fourth-order valence-electron chi connectivity index (χ4n) is 3.31. The molecule has 2 heterocycles. The van der Waals surface area contributed by atoms with Crippen molar-refractivity contribution in [2.45, 2.75) is 19.0 Å². The number of amides is 3. The number of carbonyl (C=O) groups excluding carboxylic acids is 2. The van der Waals surface area contributed by atoms with Crippen molar-refractivity contribution < 1.29 is 27.2 Å². The number of halogens is 5. The molecule has 5 nitrogen and oxygen atoms in total. The number of imide groups is 1. The zero-order valence-corrected chi connectivity index (χ0v) is 15.3. The van der Waals surface area contributed by atoms with E-state index in [-0.39, 0.29) is 17.0 Å². The number of benzene rings is 2. The zero-order valence-electron chi connectivity index (χ0n) is 14.5. The van der Waals surface area contributed by atoms with E-state index in [0.717, 1.165) is 17.0 Å². The van der Waals surface area contributed by atoms with Gasteiger partial charge in [0.1, 0.15) is 16.9 Å². The highest BCUT2D eigenvalue weighted by Gasteiger charge is 2.38. The minimum Gasteiger partial charge on any atom is -0.360 e. The molecule has 29 heavy (non-hydrogen) atoms. The van der Waals surface area contributed by atoms with Crippen molar-refractivity contribution in [3.8, 4) is 0 Å². The molecule has 0 spiro atoms. The molecular formula is C19H12ClF4N3O2. The number of rotatable bonds is 4. The lowest BCUT2D eigenvalue weighted by Gasteiger charge is -2.14. The Bertz CT molecular complexity index is 1160. The number of fused-ring (bicyclic) bond motifs is 1. The van der Waals surface area contributed by atoms with Crippen molar-refractivity contribution >= 4 is 34.4 Å². The molecule has 4 rings (SSSR count). The Morgan fingerprint density at radius 1 is 0.966 bits per heavy atom. The highest BCUT2D eigenvalue weighted by molar-refractivity contribution is 6.35. The van der Waals surface area contributed by atoms with E-state index in [1.807, 2.05) is 0 Å². The average Bonchev–Trinajstić information content (AvgIpc) is 3.21. The Morgan fingerprint density at radius 2 is 1.69 bits per heavy atom. The summed E-state index contributed by atoms with van der Waals surface area (Å²) in [7, 11) is 0. The molecule has 0 aliphatic carbocycles. The highest BCUT2D eigenvalue weighted by Crippen LogP contribution is 2.29. The summed E-state index contributed by atoms with van der Waals surface area (Å²) in [6, 6.07) is 2.63. The van der Waals surface area contributed by atoms with Crippen LogP contribution in [-0.2, 0) is 17.8 Å². The second-order valence-corrected chi connectivity index (χ2v) is 6.94. The van der Waals surface area contributed by atoms with Crippen molar-refractivity contribution in [1.29, 1.82) is 0 Å². The summed E-state index contributed by atoms with van der Waals surface area (Å²) in [5.74, 6) is -5.74. The number of carbonyl (C=O) groups is 2. The van der Waals surface area contributed by atoms with Crippen LogP contribution in [-0.4, -0.2) is 27.9 Å². The van der Waals surface area contributed by atoms with Gasteiger partial charge < -0.3 is 10.3 Å². The number of hydrogen-bond acceptors (Lipinski definition) is 2. The van der Waals surface area contributed by atoms with E-state index >= 15 is 0 Å². The number of H-pyrrole nitrogens is 1. The van der Waals surface area contributed by atoms with Gasteiger partial charge in [-0.05, 0) is 23.8 Å². The first-order chi connectivity index (χ1) is 13.8. The van der Waals surface area contributed by atoms with Crippen LogP contribution in [0.25, 0.3) is 10.9 Å². The summed E-state index contributed by atoms with van der Waals surface area (Å²) in [6.45, 7) is -0.547. The summed E-state index contributed by atoms with van der Waals surface area (Å²) in [5.41, 5.74) is 0.642. The third-order valence-corrected chi connectivity index (χ3v) is 5.18. The Hall–Kier alpha value is -3.07. The second kappa shape index (κ2) is 7.07. The molecule has 0 bridgehead atoms. The van der Waals surface area contributed by atoms with Gasteiger partial charge in [-0.2, -0.15) is 0 Å². The molecule has 3 amide bonds. The van der Waals surface area contributed by atoms with Gasteiger partial charge in [0.2, 0.25) is 0 Å². The maximum Gasteiger partial charge on any atom is 0.325 e. The predicted octanol–water partition coefficient (Wildman–Crippen LogP) is 4.04. The van der Waals surface area contributed by atoms with E-state index < -0.39 is 47.8 Å². The van der Waals surface area contributed by atoms with E-state index in [2.05, 4.69) is 10.3 Å². The fourth-order valence-corrected chi connectivity index (χ4v) is 3.53. The van der Waals surface area contributed by atoms with E-state index in [1.54, 1.807) is 6.20 Å². The smallest absolute Gasteiger partial charge is 0.325 e. The highest BCUT2D eigenvalue weighted by atomic mass is 35.5. The molecule has 1 aliphatic heterocycles. The van der Waals surface area contributed by atoms with Crippen LogP contribution in [0.3, 0.4) is 0 Å². The number of nitrogens with zero attached hydrogens (tertiary/aromatic N) is 1. The molecule has 1 fully saturated rings. The summed E-state index contributed by atoms with van der Waals surface area (Å²) in [6.07, 6.45) is 1.62. The molecule has 0 saturated carbocycles. The average molecular weight is 426 g/mol. The molecule has 0 unspecified atom stereocenters. The molecular weight excluding hydrogens is 414 g/mol. The summed E-state index contributed by atoms with van der Waals surface area (Å²) in [4.78, 5) is 28.4. The normalized spacial score (nSPS) is 16.7. The number of aromatic nitrogens is 1. The lowest BCUT2D eigenvalue weighted by Crippen LogP contribution is -2.32. The zero-order chi connectivity index (χ0) is 20.9. The number of hydrogen-bond donors (Lipinski definition) is 2. The van der Waals surface area contributed by atoms with Crippen LogP contribution in [0.1, 0.15) is 11.1 Å². The van der Waals surface area contributed by atoms with Crippen molar-refractivity contribution in [1.82, 2.24) is 15.2 Å². The number of aromatic amines is 1. The summed E-state index contributed by atoms with van der Waals surface area (Å²) < 4.78 is 53.9. The standard InChI is InChI=1S/C19H12ClF4N3O2/c20-14-11(21)4-2-10-9(6-25-17(10)14)5-13-18(28)27(19(29)26-13)7-8-1-3-12(22)16(24)15(8)23/h1-4,6,13,25H,5,7H2,(H,26,29)/t13-/m1/s1. The van der Waals surface area contributed by atoms with Gasteiger partial charge in [-0.15, -0.1) is 0 Å². The van der Waals surface area contributed by atoms with E-state index in [1.165, 1.54) is 12.1 Å². The van der Waals surface area contributed by atoms with Crippen molar-refractivity contribution in [3.05, 3.63) is 69.9 Å². The topological polar surface area (TPSA) is 65.2 Å². The molecule has 2 N–H and O–H groups in total. The second-order valence-electron chi connectivity index (χ2n) is 6.56. The predicted molar refractivity (Wildman–Crippen MR) is 96.2 cm³/mol. The third kappa shape index (κ3) is 3.21. The molecule has 1 atom stereocenters.